The summed E-state index contributed by atoms with van der Waals surface area (Å²) < 4.78 is 11.4. The maximum absolute atomic E-state index is 12.3. The van der Waals surface area contributed by atoms with Gasteiger partial charge < -0.3 is 14.5 Å². The van der Waals surface area contributed by atoms with E-state index in [-0.39, 0.29) is 12.5 Å². The zero-order chi connectivity index (χ0) is 20.4. The van der Waals surface area contributed by atoms with Gasteiger partial charge >= 0.3 is 0 Å². The molecule has 1 heterocycles. The van der Waals surface area contributed by atoms with Crippen molar-refractivity contribution in [2.75, 3.05) is 11.9 Å². The molecule has 0 spiro atoms. The fourth-order valence-corrected chi connectivity index (χ4v) is 3.07. The predicted octanol–water partition coefficient (Wildman–Crippen LogP) is 5.78. The van der Waals surface area contributed by atoms with Gasteiger partial charge in [-0.3, -0.25) is 4.79 Å². The van der Waals surface area contributed by atoms with Gasteiger partial charge in [-0.2, -0.15) is 0 Å². The first-order chi connectivity index (χ1) is 14.0. The van der Waals surface area contributed by atoms with Gasteiger partial charge in [0, 0.05) is 5.56 Å². The van der Waals surface area contributed by atoms with Gasteiger partial charge in [-0.1, -0.05) is 29.8 Å². The number of hydrogen-bond donors (Lipinski definition) is 1. The van der Waals surface area contributed by atoms with Gasteiger partial charge in [-0.25, -0.2) is 4.98 Å². The molecule has 6 heteroatoms. The van der Waals surface area contributed by atoms with E-state index < -0.39 is 0 Å². The first kappa shape index (κ1) is 19.0. The van der Waals surface area contributed by atoms with Crippen molar-refractivity contribution in [1.29, 1.82) is 0 Å². The molecule has 29 heavy (non-hydrogen) atoms. The minimum Gasteiger partial charge on any atom is -0.484 e. The van der Waals surface area contributed by atoms with E-state index in [1.54, 1.807) is 24.3 Å². The molecule has 0 aliphatic rings. The Morgan fingerprint density at radius 2 is 1.83 bits per heavy atom. The molecule has 0 aliphatic heterocycles. The third kappa shape index (κ3) is 4.25. The molecule has 146 valence electrons. The van der Waals surface area contributed by atoms with Crippen LogP contribution in [0.15, 0.2) is 65.1 Å². The summed E-state index contributed by atoms with van der Waals surface area (Å²) in [6.07, 6.45) is 0. The second-order valence-corrected chi connectivity index (χ2v) is 7.17. The third-order valence-electron chi connectivity index (χ3n) is 4.60. The van der Waals surface area contributed by atoms with E-state index in [0.29, 0.717) is 22.4 Å². The normalized spacial score (nSPS) is 10.9. The highest BCUT2D eigenvalue weighted by Gasteiger charge is 2.13. The number of nitrogens with one attached hydrogen (secondary N) is 1. The van der Waals surface area contributed by atoms with Crippen molar-refractivity contribution in [1.82, 2.24) is 4.98 Å². The second kappa shape index (κ2) is 7.97. The molecule has 0 saturated carbocycles. The fraction of sp³-hybridized carbons (Fsp3) is 0.130. The molecule has 4 rings (SSSR count). The molecule has 0 atom stereocenters. The SMILES string of the molecule is Cc1cc2nc(-c3ccc(Cl)c(NC(=O)COc4ccccc4)c3)oc2cc1C. The van der Waals surface area contributed by atoms with Crippen molar-refractivity contribution in [2.45, 2.75) is 13.8 Å². The Kier molecular flexibility index (Phi) is 5.23. The molecule has 1 N–H and O–H groups in total. The van der Waals surface area contributed by atoms with Crippen molar-refractivity contribution in [3.63, 3.8) is 0 Å². The lowest BCUT2D eigenvalue weighted by atomic mass is 10.1. The Morgan fingerprint density at radius 3 is 2.62 bits per heavy atom. The van der Waals surface area contributed by atoms with E-state index in [0.717, 1.165) is 27.8 Å². The monoisotopic (exact) mass is 406 g/mol. The fourth-order valence-electron chi connectivity index (χ4n) is 2.91. The van der Waals surface area contributed by atoms with E-state index in [9.17, 15) is 4.79 Å². The van der Waals surface area contributed by atoms with Crippen LogP contribution in [-0.4, -0.2) is 17.5 Å². The number of aryl methyl sites for hydroxylation is 2. The number of anilines is 1. The summed E-state index contributed by atoms with van der Waals surface area (Å²) in [5.41, 5.74) is 5.00. The van der Waals surface area contributed by atoms with Crippen molar-refractivity contribution < 1.29 is 13.9 Å². The van der Waals surface area contributed by atoms with Crippen molar-refractivity contribution in [3.8, 4) is 17.2 Å². The third-order valence-corrected chi connectivity index (χ3v) is 4.93. The summed E-state index contributed by atoms with van der Waals surface area (Å²) in [6.45, 7) is 3.95. The van der Waals surface area contributed by atoms with Crippen LogP contribution in [0, 0.1) is 13.8 Å². The number of ether oxygens (including phenoxy) is 1. The maximum Gasteiger partial charge on any atom is 0.262 e. The zero-order valence-electron chi connectivity index (χ0n) is 16.0. The van der Waals surface area contributed by atoms with Gasteiger partial charge in [0.25, 0.3) is 5.91 Å². The number of nitrogens with zero attached hydrogens (tertiary/aromatic N) is 1. The van der Waals surface area contributed by atoms with E-state index in [1.807, 2.05) is 50.2 Å². The van der Waals surface area contributed by atoms with Gasteiger partial charge in [0.15, 0.2) is 12.2 Å². The summed E-state index contributed by atoms with van der Waals surface area (Å²) in [4.78, 5) is 16.8. The van der Waals surface area contributed by atoms with Crippen molar-refractivity contribution in [3.05, 3.63) is 76.8 Å². The summed E-state index contributed by atoms with van der Waals surface area (Å²) in [5, 5.41) is 3.20. The van der Waals surface area contributed by atoms with Gasteiger partial charge in [0.05, 0.1) is 10.7 Å². The number of benzene rings is 3. The topological polar surface area (TPSA) is 64.4 Å². The first-order valence-electron chi connectivity index (χ1n) is 9.15. The Morgan fingerprint density at radius 1 is 1.07 bits per heavy atom. The number of halogens is 1. The van der Waals surface area contributed by atoms with Crippen LogP contribution >= 0.6 is 11.6 Å². The van der Waals surface area contributed by atoms with Crippen LogP contribution in [0.2, 0.25) is 5.02 Å². The molecular formula is C23H19ClN2O3. The van der Waals surface area contributed by atoms with Crippen LogP contribution < -0.4 is 10.1 Å². The lowest BCUT2D eigenvalue weighted by molar-refractivity contribution is -0.118. The highest BCUT2D eigenvalue weighted by atomic mass is 35.5. The van der Waals surface area contributed by atoms with E-state index in [4.69, 9.17) is 20.8 Å². The number of carbonyl (C=O) groups excluding carboxylic acids is 1. The number of rotatable bonds is 5. The number of aromatic nitrogens is 1. The molecule has 5 nitrogen and oxygen atoms in total. The van der Waals surface area contributed by atoms with E-state index in [1.165, 1.54) is 0 Å². The molecule has 1 amide bonds. The van der Waals surface area contributed by atoms with E-state index >= 15 is 0 Å². The first-order valence-corrected chi connectivity index (χ1v) is 9.53. The minimum atomic E-state index is -0.309. The van der Waals surface area contributed by atoms with Gasteiger partial charge in [0.1, 0.15) is 11.3 Å². The Hall–Kier alpha value is -3.31. The number of hydrogen-bond acceptors (Lipinski definition) is 4. The Bertz CT molecular complexity index is 1150. The average Bonchev–Trinajstić information content (AvgIpc) is 3.12. The van der Waals surface area contributed by atoms with Crippen LogP contribution in [0.5, 0.6) is 5.75 Å². The van der Waals surface area contributed by atoms with E-state index in [2.05, 4.69) is 10.3 Å². The lowest BCUT2D eigenvalue weighted by Crippen LogP contribution is -2.20. The van der Waals surface area contributed by atoms with Gasteiger partial charge in [0.2, 0.25) is 5.89 Å². The largest absolute Gasteiger partial charge is 0.484 e. The van der Waals surface area contributed by atoms with Crippen LogP contribution in [-0.2, 0) is 4.79 Å². The van der Waals surface area contributed by atoms with Crippen LogP contribution in [0.3, 0.4) is 0 Å². The quantitative estimate of drug-likeness (QED) is 0.456. The summed E-state index contributed by atoms with van der Waals surface area (Å²) in [6, 6.07) is 18.4. The summed E-state index contributed by atoms with van der Waals surface area (Å²) >= 11 is 6.26. The highest BCUT2D eigenvalue weighted by Crippen LogP contribution is 2.31. The average molecular weight is 407 g/mol. The molecule has 4 aromatic rings. The van der Waals surface area contributed by atoms with Gasteiger partial charge in [-0.05, 0) is 67.4 Å². The second-order valence-electron chi connectivity index (χ2n) is 6.77. The van der Waals surface area contributed by atoms with Crippen molar-refractivity contribution in [2.24, 2.45) is 0 Å². The molecule has 0 saturated heterocycles. The number of oxazole rings is 1. The Balaban J connectivity index is 1.53. The molecule has 0 fully saturated rings. The standard InChI is InChI=1S/C23H19ClN2O3/c1-14-10-20-21(11-15(14)2)29-23(26-20)16-8-9-18(24)19(12-16)25-22(27)13-28-17-6-4-3-5-7-17/h3-12H,13H2,1-2H3,(H,25,27). The molecule has 0 unspecified atom stereocenters. The number of amides is 1. The zero-order valence-corrected chi connectivity index (χ0v) is 16.8. The Labute approximate surface area is 173 Å². The molecule has 3 aromatic carbocycles. The highest BCUT2D eigenvalue weighted by molar-refractivity contribution is 6.33. The smallest absolute Gasteiger partial charge is 0.262 e. The minimum absolute atomic E-state index is 0.119. The molecular weight excluding hydrogens is 388 g/mol. The van der Waals surface area contributed by atoms with Crippen LogP contribution in [0.4, 0.5) is 5.69 Å². The summed E-state index contributed by atoms with van der Waals surface area (Å²) in [5.74, 6) is 0.786. The predicted molar refractivity (Wildman–Crippen MR) is 114 cm³/mol. The maximum atomic E-state index is 12.3. The lowest BCUT2D eigenvalue weighted by Gasteiger charge is -2.09. The van der Waals surface area contributed by atoms with Gasteiger partial charge in [-0.15, -0.1) is 0 Å². The van der Waals surface area contributed by atoms with Crippen LogP contribution in [0.25, 0.3) is 22.6 Å². The summed E-state index contributed by atoms with van der Waals surface area (Å²) in [7, 11) is 0. The molecule has 0 bridgehead atoms. The number of fused-ring (bicyclic) bond motifs is 1. The van der Waals surface area contributed by atoms with Crippen LogP contribution in [0.1, 0.15) is 11.1 Å². The number of para-hydroxylation sites is 1. The molecule has 1 aromatic heterocycles. The number of carbonyl (C=O) groups is 1. The van der Waals surface area contributed by atoms with Crippen molar-refractivity contribution >= 4 is 34.3 Å². The molecule has 0 aliphatic carbocycles. The molecule has 0 radical (unpaired) electrons.